The Morgan fingerprint density at radius 1 is 1.12 bits per heavy atom. The van der Waals surface area contributed by atoms with Crippen molar-refractivity contribution in [3.05, 3.63) is 63.3 Å². The Morgan fingerprint density at radius 2 is 1.84 bits per heavy atom. The van der Waals surface area contributed by atoms with Gasteiger partial charge in [-0.1, -0.05) is 0 Å². The zero-order valence-electron chi connectivity index (χ0n) is 18.2. The van der Waals surface area contributed by atoms with E-state index in [-0.39, 0.29) is 18.0 Å². The first-order valence-corrected chi connectivity index (χ1v) is 10.9. The zero-order valence-corrected chi connectivity index (χ0v) is 19.0. The molecule has 3 aromatic heterocycles. The summed E-state index contributed by atoms with van der Waals surface area (Å²) in [6.07, 6.45) is 0. The number of fused-ring (bicyclic) bond motifs is 3. The lowest BCUT2D eigenvalue weighted by atomic mass is 10.1. The Bertz CT molecular complexity index is 1420. The molecule has 0 bridgehead atoms. The highest BCUT2D eigenvalue weighted by atomic mass is 32.1. The molecule has 0 aliphatic rings. The third-order valence-corrected chi connectivity index (χ3v) is 6.11. The van der Waals surface area contributed by atoms with Gasteiger partial charge in [0, 0.05) is 16.8 Å². The molecule has 0 atom stereocenters. The lowest BCUT2D eigenvalue weighted by Crippen LogP contribution is -2.29. The second kappa shape index (κ2) is 8.51. The van der Waals surface area contributed by atoms with Crippen LogP contribution in [-0.4, -0.2) is 33.0 Å². The van der Waals surface area contributed by atoms with Crippen molar-refractivity contribution < 1.29 is 14.3 Å². The highest BCUT2D eigenvalue weighted by Crippen LogP contribution is 2.32. The van der Waals surface area contributed by atoms with Gasteiger partial charge in [0.25, 0.3) is 5.56 Å². The van der Waals surface area contributed by atoms with Crippen molar-refractivity contribution in [2.75, 3.05) is 11.9 Å². The van der Waals surface area contributed by atoms with E-state index in [0.717, 1.165) is 21.5 Å². The smallest absolute Gasteiger partial charge is 0.338 e. The van der Waals surface area contributed by atoms with Crippen LogP contribution in [0.4, 0.5) is 5.69 Å². The summed E-state index contributed by atoms with van der Waals surface area (Å²) in [5.74, 6) is -0.336. The molecule has 4 aromatic rings. The number of nitrogens with one attached hydrogen (secondary N) is 1. The minimum Gasteiger partial charge on any atom is -0.462 e. The summed E-state index contributed by atoms with van der Waals surface area (Å²) in [5, 5.41) is 3.63. The van der Waals surface area contributed by atoms with Crippen LogP contribution >= 0.6 is 11.3 Å². The maximum absolute atomic E-state index is 13.2. The molecule has 164 valence electrons. The molecule has 0 aliphatic heterocycles. The molecule has 0 fully saturated rings. The van der Waals surface area contributed by atoms with Gasteiger partial charge in [0.2, 0.25) is 5.91 Å². The van der Waals surface area contributed by atoms with Crippen LogP contribution < -0.4 is 10.9 Å². The molecule has 9 heteroatoms. The fraction of sp³-hybridized carbons (Fsp3) is 0.261. The van der Waals surface area contributed by atoms with Gasteiger partial charge in [0.1, 0.15) is 21.9 Å². The van der Waals surface area contributed by atoms with Crippen molar-refractivity contribution in [1.29, 1.82) is 0 Å². The van der Waals surface area contributed by atoms with Gasteiger partial charge in [-0.2, -0.15) is 0 Å². The van der Waals surface area contributed by atoms with Crippen molar-refractivity contribution in [3.8, 4) is 0 Å². The molecule has 1 aromatic carbocycles. The molecule has 1 amide bonds. The topological polar surface area (TPSA) is 103 Å². The molecular formula is C23H22N4O4S. The molecule has 0 saturated carbocycles. The molecular weight excluding hydrogens is 428 g/mol. The van der Waals surface area contributed by atoms with E-state index in [9.17, 15) is 14.4 Å². The van der Waals surface area contributed by atoms with Gasteiger partial charge in [-0.3, -0.25) is 14.2 Å². The van der Waals surface area contributed by atoms with E-state index < -0.39 is 5.97 Å². The highest BCUT2D eigenvalue weighted by molar-refractivity contribution is 7.25. The van der Waals surface area contributed by atoms with Gasteiger partial charge in [0.05, 0.1) is 17.7 Å². The second-order valence-electron chi connectivity index (χ2n) is 7.44. The van der Waals surface area contributed by atoms with Crippen LogP contribution in [0.25, 0.3) is 20.4 Å². The summed E-state index contributed by atoms with van der Waals surface area (Å²) < 4.78 is 6.80. The maximum Gasteiger partial charge on any atom is 0.338 e. The summed E-state index contributed by atoms with van der Waals surface area (Å²) in [6.45, 7) is 7.46. The molecule has 32 heavy (non-hydrogen) atoms. The number of carbonyl (C=O) groups excluding carboxylic acids is 2. The summed E-state index contributed by atoms with van der Waals surface area (Å²) in [7, 11) is 0. The predicted octanol–water partition coefficient (Wildman–Crippen LogP) is 3.75. The normalized spacial score (nSPS) is 11.1. The van der Waals surface area contributed by atoms with E-state index in [1.165, 1.54) is 15.9 Å². The van der Waals surface area contributed by atoms with Crippen LogP contribution in [0.3, 0.4) is 0 Å². The average molecular weight is 451 g/mol. The number of nitrogens with zero attached hydrogens (tertiary/aromatic N) is 3. The number of esters is 1. The Hall–Kier alpha value is -3.59. The van der Waals surface area contributed by atoms with Gasteiger partial charge in [-0.15, -0.1) is 11.3 Å². The Morgan fingerprint density at radius 3 is 2.53 bits per heavy atom. The third-order valence-electron chi connectivity index (χ3n) is 5.05. The standard InChI is InChI=1S/C23H22N4O4S/c1-5-31-23(30)15-6-8-16(9-7-15)26-17(28)11-27-14(4)25-19-18-12(2)10-13(3)24-21(18)32-20(19)22(27)29/h6-10H,5,11H2,1-4H3,(H,26,28). The summed E-state index contributed by atoms with van der Waals surface area (Å²) >= 11 is 1.30. The van der Waals surface area contributed by atoms with Crippen molar-refractivity contribution >= 4 is 49.3 Å². The van der Waals surface area contributed by atoms with Crippen LogP contribution in [0.2, 0.25) is 0 Å². The second-order valence-corrected chi connectivity index (χ2v) is 8.44. The number of aryl methyl sites for hydroxylation is 3. The molecule has 0 spiro atoms. The molecule has 8 nitrogen and oxygen atoms in total. The van der Waals surface area contributed by atoms with Crippen molar-refractivity contribution in [3.63, 3.8) is 0 Å². The van der Waals surface area contributed by atoms with Crippen LogP contribution in [0.15, 0.2) is 35.1 Å². The molecule has 0 saturated heterocycles. The number of rotatable bonds is 5. The first-order valence-electron chi connectivity index (χ1n) is 10.1. The minimum absolute atomic E-state index is 0.174. The number of hydrogen-bond acceptors (Lipinski definition) is 7. The number of aromatic nitrogens is 3. The number of hydrogen-bond donors (Lipinski definition) is 1. The average Bonchev–Trinajstić information content (AvgIpc) is 3.10. The molecule has 4 rings (SSSR count). The molecule has 0 radical (unpaired) electrons. The minimum atomic E-state index is -0.421. The van der Waals surface area contributed by atoms with E-state index in [1.54, 1.807) is 38.1 Å². The Balaban J connectivity index is 1.61. The summed E-state index contributed by atoms with van der Waals surface area (Å²) in [4.78, 5) is 47.5. The first kappa shape index (κ1) is 21.6. The van der Waals surface area contributed by atoms with E-state index in [4.69, 9.17) is 4.74 Å². The van der Waals surface area contributed by atoms with Crippen LogP contribution in [0.1, 0.15) is 34.4 Å². The number of ether oxygens (including phenoxy) is 1. The van der Waals surface area contributed by atoms with Gasteiger partial charge < -0.3 is 10.1 Å². The van der Waals surface area contributed by atoms with E-state index in [0.29, 0.717) is 33.9 Å². The molecule has 0 unspecified atom stereocenters. The summed E-state index contributed by atoms with van der Waals surface area (Å²) in [6, 6.07) is 8.35. The third kappa shape index (κ3) is 3.99. The van der Waals surface area contributed by atoms with E-state index >= 15 is 0 Å². The zero-order chi connectivity index (χ0) is 23.0. The lowest BCUT2D eigenvalue weighted by Gasteiger charge is -2.10. The number of benzene rings is 1. The van der Waals surface area contributed by atoms with E-state index in [2.05, 4.69) is 15.3 Å². The first-order chi connectivity index (χ1) is 15.3. The van der Waals surface area contributed by atoms with Crippen molar-refractivity contribution in [2.24, 2.45) is 0 Å². The van der Waals surface area contributed by atoms with Gasteiger partial charge >= 0.3 is 5.97 Å². The number of thiophene rings is 1. The van der Waals surface area contributed by atoms with Crippen LogP contribution in [0, 0.1) is 20.8 Å². The lowest BCUT2D eigenvalue weighted by molar-refractivity contribution is -0.116. The fourth-order valence-corrected chi connectivity index (χ4v) is 4.79. The quantitative estimate of drug-likeness (QED) is 0.465. The van der Waals surface area contributed by atoms with Crippen molar-refractivity contribution in [2.45, 2.75) is 34.2 Å². The van der Waals surface area contributed by atoms with Crippen molar-refractivity contribution in [1.82, 2.24) is 14.5 Å². The predicted molar refractivity (Wildman–Crippen MR) is 124 cm³/mol. The fourth-order valence-electron chi connectivity index (χ4n) is 3.60. The number of carbonyl (C=O) groups is 2. The van der Waals surface area contributed by atoms with Gasteiger partial charge in [-0.05, 0) is 63.6 Å². The van der Waals surface area contributed by atoms with E-state index in [1.807, 2.05) is 19.9 Å². The monoisotopic (exact) mass is 450 g/mol. The summed E-state index contributed by atoms with van der Waals surface area (Å²) in [5.41, 5.74) is 3.18. The van der Waals surface area contributed by atoms with Crippen LogP contribution in [0.5, 0.6) is 0 Å². The van der Waals surface area contributed by atoms with Gasteiger partial charge in [0.15, 0.2) is 0 Å². The van der Waals surface area contributed by atoms with Gasteiger partial charge in [-0.25, -0.2) is 14.8 Å². The molecule has 1 N–H and O–H groups in total. The Labute approximate surface area is 187 Å². The number of anilines is 1. The Kier molecular flexibility index (Phi) is 5.75. The molecule has 3 heterocycles. The van der Waals surface area contributed by atoms with Crippen LogP contribution in [-0.2, 0) is 16.1 Å². The number of amides is 1. The maximum atomic E-state index is 13.2. The SMILES string of the molecule is CCOC(=O)c1ccc(NC(=O)Cn2c(C)nc3c(sc4nc(C)cc(C)c43)c2=O)cc1. The molecule has 0 aliphatic carbocycles. The largest absolute Gasteiger partial charge is 0.462 e. The highest BCUT2D eigenvalue weighted by Gasteiger charge is 2.18. The number of pyridine rings is 1.